The Hall–Kier alpha value is -2.75. The molecule has 0 aromatic carbocycles. The lowest BCUT2D eigenvalue weighted by atomic mass is 10.2. The number of hydrogen-bond acceptors (Lipinski definition) is 4. The molecule has 126 valence electrons. The van der Waals surface area contributed by atoms with Crippen LogP contribution in [0.4, 0.5) is 5.82 Å². The molecule has 7 heteroatoms. The number of rotatable bonds is 3. The first kappa shape index (κ1) is 20.2. The van der Waals surface area contributed by atoms with Crippen LogP contribution in [0, 0.1) is 12.3 Å². The van der Waals surface area contributed by atoms with Gasteiger partial charge in [-0.2, -0.15) is 5.10 Å². The molecule has 7 nitrogen and oxygen atoms in total. The van der Waals surface area contributed by atoms with Crippen LogP contribution in [-0.4, -0.2) is 47.0 Å². The molecule has 1 aromatic rings. The van der Waals surface area contributed by atoms with Crippen molar-refractivity contribution >= 4 is 17.6 Å². The molecule has 2 rings (SSSR count). The van der Waals surface area contributed by atoms with Crippen molar-refractivity contribution in [1.29, 1.82) is 0 Å². The zero-order chi connectivity index (χ0) is 17.8. The van der Waals surface area contributed by atoms with Crippen LogP contribution in [0.15, 0.2) is 12.7 Å². The summed E-state index contributed by atoms with van der Waals surface area (Å²) in [5.41, 5.74) is 5.60. The molecule has 0 atom stereocenters. The van der Waals surface area contributed by atoms with Crippen LogP contribution >= 0.6 is 0 Å². The number of carbonyl (C=O) groups excluding carboxylic acids is 2. The zero-order valence-electron chi connectivity index (χ0n) is 14.0. The number of nitrogens with zero attached hydrogens (tertiary/aromatic N) is 2. The monoisotopic (exact) mass is 319 g/mol. The number of hydrogen-bond donors (Lipinski definition) is 3. The number of terminal acetylenes is 1. The minimum Gasteiger partial charge on any atom is -0.371 e. The fourth-order valence-electron chi connectivity index (χ4n) is 1.93. The summed E-state index contributed by atoms with van der Waals surface area (Å²) >= 11 is 0. The highest BCUT2D eigenvalue weighted by Gasteiger charge is 2.15. The lowest BCUT2D eigenvalue weighted by molar-refractivity contribution is -0.124. The van der Waals surface area contributed by atoms with Gasteiger partial charge in [0.2, 0.25) is 5.91 Å². The molecule has 1 saturated heterocycles. The van der Waals surface area contributed by atoms with Gasteiger partial charge >= 0.3 is 0 Å². The number of amides is 2. The maximum absolute atomic E-state index is 10.8. The molecule has 0 radical (unpaired) electrons. The Morgan fingerprint density at radius 3 is 2.39 bits per heavy atom. The van der Waals surface area contributed by atoms with E-state index in [2.05, 4.69) is 28.0 Å². The van der Waals surface area contributed by atoms with Gasteiger partial charge < -0.3 is 16.0 Å². The Morgan fingerprint density at radius 1 is 1.43 bits per heavy atom. The Balaban J connectivity index is 0.000000392. The zero-order valence-corrected chi connectivity index (χ0v) is 14.0. The van der Waals surface area contributed by atoms with Crippen molar-refractivity contribution < 1.29 is 9.59 Å². The Kier molecular flexibility index (Phi) is 9.60. The molecule has 1 aliphatic rings. The number of primary amides is 1. The quantitative estimate of drug-likeness (QED) is 0.578. The maximum atomic E-state index is 10.8. The van der Waals surface area contributed by atoms with E-state index in [4.69, 9.17) is 12.2 Å². The highest BCUT2D eigenvalue weighted by molar-refractivity contribution is 5.99. The van der Waals surface area contributed by atoms with E-state index in [-0.39, 0.29) is 11.5 Å². The molecule has 0 bridgehead atoms. The molecular formula is C16H25N5O2. The minimum absolute atomic E-state index is 0.0764. The van der Waals surface area contributed by atoms with E-state index in [1.54, 1.807) is 7.05 Å². The Bertz CT molecular complexity index is 566. The summed E-state index contributed by atoms with van der Waals surface area (Å²) < 4.78 is 0. The van der Waals surface area contributed by atoms with Crippen LogP contribution in [0.25, 0.3) is 0 Å². The largest absolute Gasteiger partial charge is 0.371 e. The first-order valence-corrected chi connectivity index (χ1v) is 7.49. The number of carbonyl (C=O) groups is 2. The van der Waals surface area contributed by atoms with Crippen LogP contribution in [-0.2, 0) is 4.79 Å². The molecule has 2 amide bonds. The van der Waals surface area contributed by atoms with Crippen molar-refractivity contribution in [2.24, 2.45) is 5.73 Å². The summed E-state index contributed by atoms with van der Waals surface area (Å²) in [5, 5.41) is 8.95. The van der Waals surface area contributed by atoms with E-state index in [1.165, 1.54) is 6.08 Å². The van der Waals surface area contributed by atoms with Crippen molar-refractivity contribution in [2.45, 2.75) is 26.7 Å². The number of nitrogens with two attached hydrogens (primary N) is 1. The molecule has 1 aliphatic heterocycles. The van der Waals surface area contributed by atoms with Crippen molar-refractivity contribution in [1.82, 2.24) is 15.1 Å². The molecule has 2 heterocycles. The normalized spacial score (nSPS) is 12.0. The molecule has 0 unspecified atom stereocenters. The summed E-state index contributed by atoms with van der Waals surface area (Å²) in [7, 11) is 1.63. The maximum Gasteiger partial charge on any atom is 0.255 e. The van der Waals surface area contributed by atoms with Gasteiger partial charge in [-0.25, -0.2) is 0 Å². The predicted molar refractivity (Wildman–Crippen MR) is 91.9 cm³/mol. The highest BCUT2D eigenvalue weighted by Crippen LogP contribution is 2.13. The van der Waals surface area contributed by atoms with Gasteiger partial charge in [-0.05, 0) is 24.8 Å². The lowest BCUT2D eigenvalue weighted by Crippen LogP contribution is -2.25. The van der Waals surface area contributed by atoms with Crippen molar-refractivity contribution in [3.05, 3.63) is 23.9 Å². The molecule has 4 N–H and O–H groups in total. The van der Waals surface area contributed by atoms with Crippen LogP contribution in [0.2, 0.25) is 0 Å². The van der Waals surface area contributed by atoms with Crippen LogP contribution in [0.1, 0.15) is 42.7 Å². The fraction of sp³-hybridized carbons (Fsp3) is 0.438. The third-order valence-corrected chi connectivity index (χ3v) is 2.99. The summed E-state index contributed by atoms with van der Waals surface area (Å²) in [6.07, 6.45) is 8.78. The fourth-order valence-corrected chi connectivity index (χ4v) is 1.93. The van der Waals surface area contributed by atoms with E-state index in [1.807, 2.05) is 18.7 Å². The number of nitrogens with one attached hydrogen (secondary N) is 2. The van der Waals surface area contributed by atoms with Gasteiger partial charge in [0.15, 0.2) is 5.82 Å². The smallest absolute Gasteiger partial charge is 0.255 e. The summed E-state index contributed by atoms with van der Waals surface area (Å²) in [6, 6.07) is 0. The average molecular weight is 319 g/mol. The van der Waals surface area contributed by atoms with E-state index in [0.29, 0.717) is 11.5 Å². The predicted octanol–water partition coefficient (Wildman–Crippen LogP) is 1.35. The number of anilines is 1. The second kappa shape index (κ2) is 10.9. The molecule has 0 saturated carbocycles. The topological polar surface area (TPSA) is 104 Å². The second-order valence-electron chi connectivity index (χ2n) is 4.32. The van der Waals surface area contributed by atoms with E-state index in [9.17, 15) is 9.59 Å². The average Bonchev–Trinajstić information content (AvgIpc) is 3.25. The summed E-state index contributed by atoms with van der Waals surface area (Å²) in [5.74, 6) is 2.12. The van der Waals surface area contributed by atoms with Gasteiger partial charge in [-0.1, -0.05) is 20.4 Å². The number of aromatic amines is 1. The van der Waals surface area contributed by atoms with Crippen LogP contribution < -0.4 is 11.1 Å². The van der Waals surface area contributed by atoms with Crippen molar-refractivity contribution in [3.63, 3.8) is 0 Å². The van der Waals surface area contributed by atoms with Gasteiger partial charge in [-0.15, -0.1) is 6.42 Å². The molecule has 23 heavy (non-hydrogen) atoms. The van der Waals surface area contributed by atoms with E-state index in [0.717, 1.165) is 25.9 Å². The van der Waals surface area contributed by atoms with Crippen molar-refractivity contribution in [2.75, 3.05) is 25.5 Å². The molecule has 0 aliphatic carbocycles. The van der Waals surface area contributed by atoms with Gasteiger partial charge in [0, 0.05) is 20.1 Å². The lowest BCUT2D eigenvalue weighted by Gasteiger charge is -2.10. The number of likely N-dealkylation sites (tertiary alicyclic amines) is 1. The standard InChI is InChI=1S/C7H8N4O.C7H11NO.C2H6/c1-3-4-5(6(8)12)7(9-2)11-10-4;1-2-7(9)8-5-3-4-6-8;1-2/h1H,2H3,(H2,8,12)(H2,9,10,11);2H,1,3-6H2;1-2H3. The highest BCUT2D eigenvalue weighted by atomic mass is 16.2. The van der Waals surface area contributed by atoms with Gasteiger partial charge in [0.1, 0.15) is 11.3 Å². The van der Waals surface area contributed by atoms with Crippen LogP contribution in [0.5, 0.6) is 0 Å². The third kappa shape index (κ3) is 5.87. The minimum atomic E-state index is -0.596. The first-order chi connectivity index (χ1) is 11.0. The Labute approximate surface area is 137 Å². The van der Waals surface area contributed by atoms with Crippen LogP contribution in [0.3, 0.4) is 0 Å². The van der Waals surface area contributed by atoms with Gasteiger partial charge in [-0.3, -0.25) is 14.7 Å². The molecule has 1 fully saturated rings. The van der Waals surface area contributed by atoms with Crippen molar-refractivity contribution in [3.8, 4) is 12.3 Å². The molecule has 1 aromatic heterocycles. The second-order valence-corrected chi connectivity index (χ2v) is 4.32. The summed E-state index contributed by atoms with van der Waals surface area (Å²) in [4.78, 5) is 23.5. The van der Waals surface area contributed by atoms with E-state index >= 15 is 0 Å². The first-order valence-electron chi connectivity index (χ1n) is 7.49. The Morgan fingerprint density at radius 2 is 2.00 bits per heavy atom. The number of H-pyrrole nitrogens is 1. The molecular weight excluding hydrogens is 294 g/mol. The third-order valence-electron chi connectivity index (χ3n) is 2.99. The van der Waals surface area contributed by atoms with E-state index < -0.39 is 5.91 Å². The summed E-state index contributed by atoms with van der Waals surface area (Å²) in [6.45, 7) is 9.26. The molecule has 0 spiro atoms. The SMILES string of the molecule is C#Cc1[nH]nc(NC)c1C(N)=O.C=CC(=O)N1CCCC1.CC. The van der Waals surface area contributed by atoms with Gasteiger partial charge in [0.05, 0.1) is 0 Å². The van der Waals surface area contributed by atoms with Gasteiger partial charge in [0.25, 0.3) is 5.91 Å². The number of aromatic nitrogens is 2.